The highest BCUT2D eigenvalue weighted by Gasteiger charge is 2.37. The number of carbonyl (C=O) groups excluding carboxylic acids is 2. The van der Waals surface area contributed by atoms with Crippen molar-refractivity contribution in [3.63, 3.8) is 0 Å². The van der Waals surface area contributed by atoms with Crippen molar-refractivity contribution in [1.82, 2.24) is 5.32 Å². The summed E-state index contributed by atoms with van der Waals surface area (Å²) in [5, 5.41) is 12.0. The van der Waals surface area contributed by atoms with Crippen LogP contribution in [0.3, 0.4) is 0 Å². The molecule has 0 bridgehead atoms. The van der Waals surface area contributed by atoms with Gasteiger partial charge in [-0.15, -0.1) is 0 Å². The minimum Gasteiger partial charge on any atom is -0.493 e. The molecule has 1 saturated carbocycles. The number of carboxylic acids is 1. The molecule has 2 N–H and O–H groups in total. The maximum absolute atomic E-state index is 12.8. The molecular formula is C19H25NO7. The number of carboxylic acid groups (broad SMARTS) is 1. The van der Waals surface area contributed by atoms with Gasteiger partial charge in [-0.1, -0.05) is 18.9 Å². The summed E-state index contributed by atoms with van der Waals surface area (Å²) >= 11 is 0. The number of aliphatic carboxylic acids is 1. The lowest BCUT2D eigenvalue weighted by molar-refractivity contribution is -0.150. The van der Waals surface area contributed by atoms with Crippen LogP contribution in [0, 0.1) is 11.8 Å². The van der Waals surface area contributed by atoms with Gasteiger partial charge >= 0.3 is 11.9 Å². The number of carbonyl (C=O) groups is 3. The van der Waals surface area contributed by atoms with Crippen LogP contribution in [0.2, 0.25) is 0 Å². The minimum absolute atomic E-state index is 0.402. The molecular weight excluding hydrogens is 354 g/mol. The third-order valence-corrected chi connectivity index (χ3v) is 4.88. The van der Waals surface area contributed by atoms with Crippen LogP contribution in [0.1, 0.15) is 37.3 Å². The van der Waals surface area contributed by atoms with Crippen LogP contribution < -0.4 is 14.8 Å². The van der Waals surface area contributed by atoms with Crippen molar-refractivity contribution >= 4 is 17.8 Å². The normalized spacial score (nSPS) is 20.3. The van der Waals surface area contributed by atoms with E-state index in [2.05, 4.69) is 5.32 Å². The number of hydrogen-bond acceptors (Lipinski definition) is 6. The van der Waals surface area contributed by atoms with Crippen molar-refractivity contribution in [3.8, 4) is 11.5 Å². The van der Waals surface area contributed by atoms with Crippen LogP contribution in [-0.4, -0.2) is 44.3 Å². The molecule has 1 aliphatic rings. The molecule has 1 aromatic rings. The predicted octanol–water partition coefficient (Wildman–Crippen LogP) is 1.93. The number of methoxy groups -OCH3 is 3. The predicted molar refractivity (Wildman–Crippen MR) is 95.5 cm³/mol. The fourth-order valence-electron chi connectivity index (χ4n) is 3.42. The number of esters is 1. The summed E-state index contributed by atoms with van der Waals surface area (Å²) in [4.78, 5) is 36.5. The van der Waals surface area contributed by atoms with E-state index in [1.54, 1.807) is 18.2 Å². The van der Waals surface area contributed by atoms with Gasteiger partial charge in [-0.05, 0) is 30.5 Å². The number of hydrogen-bond donors (Lipinski definition) is 2. The van der Waals surface area contributed by atoms with E-state index in [0.717, 1.165) is 12.8 Å². The first-order valence-electron chi connectivity index (χ1n) is 8.75. The van der Waals surface area contributed by atoms with Gasteiger partial charge in [0.05, 0.1) is 33.2 Å². The molecule has 1 aromatic carbocycles. The molecule has 27 heavy (non-hydrogen) atoms. The molecule has 8 heteroatoms. The molecule has 8 nitrogen and oxygen atoms in total. The van der Waals surface area contributed by atoms with Gasteiger partial charge in [-0.2, -0.15) is 0 Å². The Morgan fingerprint density at radius 2 is 1.67 bits per heavy atom. The monoisotopic (exact) mass is 379 g/mol. The van der Waals surface area contributed by atoms with Gasteiger partial charge in [0.2, 0.25) is 5.91 Å². The van der Waals surface area contributed by atoms with Gasteiger partial charge in [0.15, 0.2) is 17.5 Å². The maximum atomic E-state index is 12.8. The molecule has 148 valence electrons. The van der Waals surface area contributed by atoms with Gasteiger partial charge in [-0.3, -0.25) is 9.59 Å². The average Bonchev–Trinajstić information content (AvgIpc) is 2.70. The molecule has 0 aromatic heterocycles. The van der Waals surface area contributed by atoms with Crippen molar-refractivity contribution in [2.75, 3.05) is 21.3 Å². The Bertz CT molecular complexity index is 703. The second-order valence-electron chi connectivity index (χ2n) is 6.41. The van der Waals surface area contributed by atoms with Crippen molar-refractivity contribution in [2.45, 2.75) is 31.7 Å². The zero-order chi connectivity index (χ0) is 20.0. The third kappa shape index (κ3) is 4.69. The lowest BCUT2D eigenvalue weighted by atomic mass is 9.78. The Morgan fingerprint density at radius 3 is 2.22 bits per heavy atom. The van der Waals surface area contributed by atoms with E-state index in [1.807, 2.05) is 0 Å². The molecule has 0 saturated heterocycles. The summed E-state index contributed by atoms with van der Waals surface area (Å²) < 4.78 is 15.2. The topological polar surface area (TPSA) is 111 Å². The molecule has 0 radical (unpaired) electrons. The highest BCUT2D eigenvalue weighted by atomic mass is 16.5. The first kappa shape index (κ1) is 20.5. The van der Waals surface area contributed by atoms with Gasteiger partial charge in [0.1, 0.15) is 0 Å². The second kappa shape index (κ2) is 9.25. The van der Waals surface area contributed by atoms with Crippen LogP contribution >= 0.6 is 0 Å². The van der Waals surface area contributed by atoms with Crippen LogP contribution in [0.25, 0.3) is 0 Å². The summed E-state index contributed by atoms with van der Waals surface area (Å²) in [6, 6.07) is 3.75. The molecule has 2 rings (SSSR count). The van der Waals surface area contributed by atoms with Gasteiger partial charge < -0.3 is 24.6 Å². The lowest BCUT2D eigenvalue weighted by Gasteiger charge is -2.29. The molecule has 0 aliphatic heterocycles. The van der Waals surface area contributed by atoms with Crippen LogP contribution in [-0.2, 0) is 19.1 Å². The molecule has 1 aliphatic carbocycles. The van der Waals surface area contributed by atoms with Crippen molar-refractivity contribution in [1.29, 1.82) is 0 Å². The lowest BCUT2D eigenvalue weighted by Crippen LogP contribution is -2.43. The molecule has 0 spiro atoms. The maximum Gasteiger partial charge on any atom is 0.333 e. The van der Waals surface area contributed by atoms with Crippen LogP contribution in [0.5, 0.6) is 11.5 Å². The number of rotatable bonds is 7. The summed E-state index contributed by atoms with van der Waals surface area (Å²) in [6.07, 6.45) is 2.48. The van der Waals surface area contributed by atoms with E-state index in [4.69, 9.17) is 14.2 Å². The largest absolute Gasteiger partial charge is 0.493 e. The smallest absolute Gasteiger partial charge is 0.333 e. The number of ether oxygens (including phenoxy) is 3. The van der Waals surface area contributed by atoms with E-state index >= 15 is 0 Å². The fourth-order valence-corrected chi connectivity index (χ4v) is 3.42. The first-order valence-corrected chi connectivity index (χ1v) is 8.75. The van der Waals surface area contributed by atoms with Gasteiger partial charge in [0.25, 0.3) is 0 Å². The SMILES string of the molecule is COC(=O)[C@H](NC(=O)[C@H]1CCCC[C@H]1C(=O)O)c1ccc(OC)c(OC)c1. The van der Waals surface area contributed by atoms with Crippen LogP contribution in [0.15, 0.2) is 18.2 Å². The Labute approximate surface area is 157 Å². The Morgan fingerprint density at radius 1 is 1.04 bits per heavy atom. The minimum atomic E-state index is -1.07. The number of nitrogens with one attached hydrogen (secondary N) is 1. The Kier molecular flexibility index (Phi) is 7.04. The summed E-state index contributed by atoms with van der Waals surface area (Å²) in [5.41, 5.74) is 0.454. The number of amides is 1. The zero-order valence-electron chi connectivity index (χ0n) is 15.7. The van der Waals surface area contributed by atoms with E-state index in [9.17, 15) is 19.5 Å². The summed E-state index contributed by atoms with van der Waals surface area (Å²) in [6.45, 7) is 0. The third-order valence-electron chi connectivity index (χ3n) is 4.88. The second-order valence-corrected chi connectivity index (χ2v) is 6.41. The van der Waals surface area contributed by atoms with E-state index in [1.165, 1.54) is 21.3 Å². The quantitative estimate of drug-likeness (QED) is 0.696. The first-order chi connectivity index (χ1) is 12.9. The van der Waals surface area contributed by atoms with E-state index in [-0.39, 0.29) is 0 Å². The van der Waals surface area contributed by atoms with Gasteiger partial charge in [0, 0.05) is 0 Å². The molecule has 1 amide bonds. The average molecular weight is 379 g/mol. The highest BCUT2D eigenvalue weighted by molar-refractivity contribution is 5.89. The van der Waals surface area contributed by atoms with Crippen molar-refractivity contribution in [2.24, 2.45) is 11.8 Å². The van der Waals surface area contributed by atoms with Crippen LogP contribution in [0.4, 0.5) is 0 Å². The molecule has 0 unspecified atom stereocenters. The summed E-state index contributed by atoms with van der Waals surface area (Å²) in [5.74, 6) is -2.65. The van der Waals surface area contributed by atoms with Crippen molar-refractivity contribution < 1.29 is 33.7 Å². The molecule has 1 fully saturated rings. The fraction of sp³-hybridized carbons (Fsp3) is 0.526. The number of benzene rings is 1. The Hall–Kier alpha value is -2.77. The van der Waals surface area contributed by atoms with Gasteiger partial charge in [-0.25, -0.2) is 4.79 Å². The Balaban J connectivity index is 2.28. The molecule has 0 heterocycles. The molecule has 3 atom stereocenters. The summed E-state index contributed by atoms with van der Waals surface area (Å²) in [7, 11) is 4.18. The van der Waals surface area contributed by atoms with Crippen molar-refractivity contribution in [3.05, 3.63) is 23.8 Å². The standard InChI is InChI=1S/C19H25NO7/c1-25-14-9-8-11(10-15(14)26-2)16(19(24)27-3)20-17(21)12-6-4-5-7-13(12)18(22)23/h8-10,12-13,16H,4-7H2,1-3H3,(H,20,21)(H,22,23)/t12-,13+,16+/m0/s1. The van der Waals surface area contributed by atoms with E-state index in [0.29, 0.717) is 29.9 Å². The highest BCUT2D eigenvalue weighted by Crippen LogP contribution is 2.33. The zero-order valence-corrected chi connectivity index (χ0v) is 15.7. The van der Waals surface area contributed by atoms with E-state index < -0.39 is 35.7 Å².